The van der Waals surface area contributed by atoms with E-state index in [0.29, 0.717) is 28.6 Å². The average Bonchev–Trinajstić information content (AvgIpc) is 3.46. The second-order valence-electron chi connectivity index (χ2n) is 7.15. The van der Waals surface area contributed by atoms with Gasteiger partial charge >= 0.3 is 0 Å². The summed E-state index contributed by atoms with van der Waals surface area (Å²) in [7, 11) is 1.72. The smallest absolute Gasteiger partial charge is 0.281 e. The summed E-state index contributed by atoms with van der Waals surface area (Å²) in [6, 6.07) is 7.59. The molecule has 1 aliphatic rings. The Morgan fingerprint density at radius 3 is 2.80 bits per heavy atom. The van der Waals surface area contributed by atoms with E-state index in [1.165, 1.54) is 10.9 Å². The van der Waals surface area contributed by atoms with Crippen molar-refractivity contribution in [3.63, 3.8) is 0 Å². The highest BCUT2D eigenvalue weighted by Crippen LogP contribution is 2.37. The Morgan fingerprint density at radius 1 is 1.20 bits per heavy atom. The molecule has 30 heavy (non-hydrogen) atoms. The van der Waals surface area contributed by atoms with Crippen molar-refractivity contribution < 1.29 is 9.26 Å². The van der Waals surface area contributed by atoms with Crippen molar-refractivity contribution in [3.8, 4) is 0 Å². The summed E-state index contributed by atoms with van der Waals surface area (Å²) in [4.78, 5) is 25.5. The Morgan fingerprint density at radius 2 is 2.00 bits per heavy atom. The quantitative estimate of drug-likeness (QED) is 0.443. The fourth-order valence-electron chi connectivity index (χ4n) is 3.59. The zero-order valence-corrected chi connectivity index (χ0v) is 17.3. The molecule has 9 nitrogen and oxygen atoms in total. The number of rotatable bonds is 4. The van der Waals surface area contributed by atoms with Crippen molar-refractivity contribution in [3.05, 3.63) is 68.5 Å². The minimum atomic E-state index is -0.322. The Bertz CT molecular complexity index is 1280. The predicted molar refractivity (Wildman–Crippen MR) is 109 cm³/mol. The van der Waals surface area contributed by atoms with E-state index in [2.05, 4.69) is 20.1 Å². The molecule has 5 rings (SSSR count). The number of fused-ring (bicyclic) bond motifs is 1. The van der Waals surface area contributed by atoms with Gasteiger partial charge in [-0.15, -0.1) is 0 Å². The molecule has 1 fully saturated rings. The molecule has 0 saturated carbocycles. The zero-order valence-electron chi connectivity index (χ0n) is 15.8. The first kappa shape index (κ1) is 19.2. The number of nitrogens with zero attached hydrogens (tertiary/aromatic N) is 6. The van der Waals surface area contributed by atoms with E-state index < -0.39 is 0 Å². The lowest BCUT2D eigenvalue weighted by Gasteiger charge is -2.09. The van der Waals surface area contributed by atoms with Crippen molar-refractivity contribution in [2.24, 2.45) is 7.05 Å². The average molecular weight is 447 g/mol. The van der Waals surface area contributed by atoms with Gasteiger partial charge in [0.15, 0.2) is 17.0 Å². The van der Waals surface area contributed by atoms with Crippen LogP contribution in [0.25, 0.3) is 11.2 Å². The lowest BCUT2D eigenvalue weighted by atomic mass is 10.0. The molecule has 0 amide bonds. The Balaban J connectivity index is 1.35. The van der Waals surface area contributed by atoms with Crippen molar-refractivity contribution in [1.29, 1.82) is 0 Å². The van der Waals surface area contributed by atoms with Crippen LogP contribution in [0.15, 0.2) is 39.9 Å². The molecule has 0 N–H and O–H groups in total. The summed E-state index contributed by atoms with van der Waals surface area (Å²) >= 11 is 12.1. The van der Waals surface area contributed by atoms with Gasteiger partial charge in [0, 0.05) is 18.0 Å². The molecule has 2 atom stereocenters. The normalized spacial score (nSPS) is 19.0. The first-order valence-electron chi connectivity index (χ1n) is 9.26. The molecular weight excluding hydrogens is 431 g/mol. The van der Waals surface area contributed by atoms with E-state index in [0.717, 1.165) is 12.0 Å². The highest BCUT2D eigenvalue weighted by atomic mass is 35.5. The second-order valence-corrected chi connectivity index (χ2v) is 7.93. The zero-order chi connectivity index (χ0) is 20.8. The van der Waals surface area contributed by atoms with Crippen molar-refractivity contribution in [2.45, 2.75) is 25.0 Å². The number of aryl methyl sites for hydroxylation is 1. The number of hydrogen-bond acceptors (Lipinski definition) is 7. The number of benzene rings is 1. The maximum absolute atomic E-state index is 12.8. The third kappa shape index (κ3) is 3.38. The first-order valence-corrected chi connectivity index (χ1v) is 10.0. The van der Waals surface area contributed by atoms with Crippen LogP contribution in [0.1, 0.15) is 35.7 Å². The molecule has 4 heterocycles. The van der Waals surface area contributed by atoms with Gasteiger partial charge in [0.1, 0.15) is 6.54 Å². The summed E-state index contributed by atoms with van der Waals surface area (Å²) < 4.78 is 14.2. The molecule has 0 aliphatic carbocycles. The summed E-state index contributed by atoms with van der Waals surface area (Å²) in [6.45, 7) is 0.502. The Hall–Kier alpha value is -2.75. The Kier molecular flexibility index (Phi) is 4.80. The molecule has 1 saturated heterocycles. The van der Waals surface area contributed by atoms with Crippen molar-refractivity contribution in [2.75, 3.05) is 6.61 Å². The van der Waals surface area contributed by atoms with Gasteiger partial charge in [-0.05, 0) is 35.7 Å². The van der Waals surface area contributed by atoms with E-state index in [9.17, 15) is 4.79 Å². The minimum absolute atomic E-state index is 0.00643. The van der Waals surface area contributed by atoms with Gasteiger partial charge in [-0.25, -0.2) is 4.98 Å². The monoisotopic (exact) mass is 446 g/mol. The molecule has 11 heteroatoms. The summed E-state index contributed by atoms with van der Waals surface area (Å²) in [6.07, 6.45) is 2.19. The topological polar surface area (TPSA) is 101 Å². The van der Waals surface area contributed by atoms with E-state index in [-0.39, 0.29) is 35.3 Å². The van der Waals surface area contributed by atoms with Crippen LogP contribution >= 0.6 is 23.2 Å². The number of aromatic nitrogens is 6. The fourth-order valence-corrected chi connectivity index (χ4v) is 3.94. The molecule has 4 aromatic rings. The van der Waals surface area contributed by atoms with E-state index in [1.807, 2.05) is 24.3 Å². The number of hydrogen-bond donors (Lipinski definition) is 0. The lowest BCUT2D eigenvalue weighted by molar-refractivity contribution is 0.110. The maximum Gasteiger partial charge on any atom is 0.281 e. The van der Waals surface area contributed by atoms with E-state index in [4.69, 9.17) is 32.5 Å². The number of ether oxygens (including phenoxy) is 1. The third-order valence-electron chi connectivity index (χ3n) is 5.17. The number of halogens is 2. The lowest BCUT2D eigenvalue weighted by Crippen LogP contribution is -2.24. The molecule has 3 aromatic heterocycles. The molecule has 1 aliphatic heterocycles. The van der Waals surface area contributed by atoms with Gasteiger partial charge in [-0.1, -0.05) is 28.9 Å². The third-order valence-corrected chi connectivity index (χ3v) is 5.71. The van der Waals surface area contributed by atoms with Gasteiger partial charge in [0.2, 0.25) is 11.2 Å². The predicted octanol–water partition coefficient (Wildman–Crippen LogP) is 3.11. The fraction of sp³-hybridized carbons (Fsp3) is 0.316. The van der Waals surface area contributed by atoms with Crippen LogP contribution in [0, 0.1) is 0 Å². The SMILES string of the molecule is Cn1cnc2nc(Cl)n(Cc3nc([C@@H]4CO[C@@H](c5ccc(Cl)cc5)C4)no3)c(=O)c21. The molecule has 0 spiro atoms. The van der Waals surface area contributed by atoms with E-state index in [1.54, 1.807) is 11.6 Å². The number of imidazole rings is 1. The summed E-state index contributed by atoms with van der Waals surface area (Å²) in [5.41, 5.74) is 1.39. The highest BCUT2D eigenvalue weighted by Gasteiger charge is 2.31. The molecule has 0 bridgehead atoms. The van der Waals surface area contributed by atoms with Crippen LogP contribution < -0.4 is 5.56 Å². The second kappa shape index (κ2) is 7.50. The van der Waals surface area contributed by atoms with Crippen LogP contribution in [0.5, 0.6) is 0 Å². The molecule has 1 aromatic carbocycles. The minimum Gasteiger partial charge on any atom is -0.373 e. The van der Waals surface area contributed by atoms with Gasteiger partial charge in [-0.2, -0.15) is 9.97 Å². The van der Waals surface area contributed by atoms with Crippen LogP contribution in [-0.2, 0) is 18.3 Å². The summed E-state index contributed by atoms with van der Waals surface area (Å²) in [5.74, 6) is 0.806. The first-order chi connectivity index (χ1) is 14.5. The highest BCUT2D eigenvalue weighted by molar-refractivity contribution is 6.30. The van der Waals surface area contributed by atoms with Crippen LogP contribution in [0.4, 0.5) is 0 Å². The van der Waals surface area contributed by atoms with Crippen LogP contribution in [0.2, 0.25) is 10.3 Å². The van der Waals surface area contributed by atoms with Gasteiger partial charge in [0.05, 0.1) is 19.0 Å². The Labute approximate surface area is 180 Å². The standard InChI is InChI=1S/C19H16Cl2N6O3/c1-26-9-22-17-15(26)18(28)27(19(21)24-17)7-14-23-16(25-30-14)11-6-13(29-8-11)10-2-4-12(20)5-3-10/h2-5,9,11,13H,6-8H2,1H3/t11-,13+/m0/s1. The molecule has 154 valence electrons. The molecular formula is C19H16Cl2N6O3. The van der Waals surface area contributed by atoms with E-state index >= 15 is 0 Å². The van der Waals surface area contributed by atoms with Gasteiger partial charge in [0.25, 0.3) is 5.56 Å². The van der Waals surface area contributed by atoms with Gasteiger partial charge < -0.3 is 13.8 Å². The maximum atomic E-state index is 12.8. The van der Waals surface area contributed by atoms with Crippen LogP contribution in [-0.4, -0.2) is 35.8 Å². The van der Waals surface area contributed by atoms with Crippen molar-refractivity contribution >= 4 is 34.4 Å². The molecule has 0 radical (unpaired) electrons. The molecule has 0 unspecified atom stereocenters. The summed E-state index contributed by atoms with van der Waals surface area (Å²) in [5, 5.41) is 4.78. The van der Waals surface area contributed by atoms with Crippen LogP contribution in [0.3, 0.4) is 0 Å². The van der Waals surface area contributed by atoms with Crippen molar-refractivity contribution in [1.82, 2.24) is 29.2 Å². The van der Waals surface area contributed by atoms with Gasteiger partial charge in [-0.3, -0.25) is 9.36 Å². The largest absolute Gasteiger partial charge is 0.373 e.